The van der Waals surface area contributed by atoms with Crippen LogP contribution in [-0.4, -0.2) is 24.4 Å². The first-order valence-electron chi connectivity index (χ1n) is 6.36. The second-order valence-corrected chi connectivity index (χ2v) is 4.16. The van der Waals surface area contributed by atoms with Gasteiger partial charge in [-0.1, -0.05) is 18.2 Å². The van der Waals surface area contributed by atoms with E-state index in [-0.39, 0.29) is 6.10 Å². The first-order valence-corrected chi connectivity index (χ1v) is 6.36. The summed E-state index contributed by atoms with van der Waals surface area (Å²) < 4.78 is 5.55. The van der Waals surface area contributed by atoms with Gasteiger partial charge in [-0.3, -0.25) is 0 Å². The van der Waals surface area contributed by atoms with E-state index in [2.05, 4.69) is 6.07 Å². The summed E-state index contributed by atoms with van der Waals surface area (Å²) in [6.07, 6.45) is 3.03. The fraction of sp³-hybridized carbons (Fsp3) is 0.571. The van der Waals surface area contributed by atoms with Crippen LogP contribution >= 0.6 is 0 Å². The number of para-hydroxylation sites is 1. The number of aliphatic hydroxyl groups excluding tert-OH is 1. The molecule has 1 rings (SSSR count). The van der Waals surface area contributed by atoms with E-state index >= 15 is 0 Å². The number of ether oxygens (including phenoxy) is 1. The first-order chi connectivity index (χ1) is 8.27. The van der Waals surface area contributed by atoms with Crippen molar-refractivity contribution in [2.75, 3.05) is 13.2 Å². The number of benzene rings is 1. The first kappa shape index (κ1) is 14.0. The summed E-state index contributed by atoms with van der Waals surface area (Å²) >= 11 is 0. The number of rotatable bonds is 8. The third-order valence-corrected chi connectivity index (χ3v) is 2.76. The van der Waals surface area contributed by atoms with Gasteiger partial charge in [0.15, 0.2) is 0 Å². The Morgan fingerprint density at radius 3 is 2.76 bits per heavy atom. The van der Waals surface area contributed by atoms with Gasteiger partial charge in [0.05, 0.1) is 12.7 Å². The molecule has 0 spiro atoms. The van der Waals surface area contributed by atoms with Crippen LogP contribution in [-0.2, 0) is 6.42 Å². The van der Waals surface area contributed by atoms with Gasteiger partial charge in [0.2, 0.25) is 0 Å². The molecular weight excluding hydrogens is 214 g/mol. The van der Waals surface area contributed by atoms with E-state index in [1.165, 1.54) is 5.56 Å². The number of aliphatic hydroxyl groups is 1. The van der Waals surface area contributed by atoms with Gasteiger partial charge in [-0.2, -0.15) is 0 Å². The highest BCUT2D eigenvalue weighted by Gasteiger charge is 2.07. The maximum absolute atomic E-state index is 9.77. The molecule has 1 unspecified atom stereocenters. The fourth-order valence-corrected chi connectivity index (χ4v) is 1.83. The Morgan fingerprint density at radius 2 is 2.06 bits per heavy atom. The van der Waals surface area contributed by atoms with Gasteiger partial charge in [0.25, 0.3) is 0 Å². The minimum Gasteiger partial charge on any atom is -0.494 e. The van der Waals surface area contributed by atoms with Gasteiger partial charge >= 0.3 is 0 Å². The van der Waals surface area contributed by atoms with Gasteiger partial charge in [0, 0.05) is 0 Å². The van der Waals surface area contributed by atoms with Crippen LogP contribution in [0.3, 0.4) is 0 Å². The summed E-state index contributed by atoms with van der Waals surface area (Å²) in [5, 5.41) is 9.77. The molecule has 0 fully saturated rings. The van der Waals surface area contributed by atoms with Crippen LogP contribution in [0.1, 0.15) is 31.7 Å². The normalized spacial score (nSPS) is 12.4. The lowest BCUT2D eigenvalue weighted by Crippen LogP contribution is -2.11. The Hall–Kier alpha value is -1.06. The smallest absolute Gasteiger partial charge is 0.122 e. The highest BCUT2D eigenvalue weighted by molar-refractivity contribution is 5.33. The van der Waals surface area contributed by atoms with Crippen molar-refractivity contribution in [3.8, 4) is 5.75 Å². The molecule has 0 aliphatic rings. The van der Waals surface area contributed by atoms with Gasteiger partial charge < -0.3 is 15.6 Å². The molecule has 1 aromatic carbocycles. The monoisotopic (exact) mass is 237 g/mol. The maximum atomic E-state index is 9.77. The molecule has 3 nitrogen and oxygen atoms in total. The second-order valence-electron chi connectivity index (χ2n) is 4.16. The molecular formula is C14H23NO2. The molecule has 0 aliphatic carbocycles. The number of hydrogen-bond donors (Lipinski definition) is 2. The third kappa shape index (κ3) is 5.20. The summed E-state index contributed by atoms with van der Waals surface area (Å²) in [5.74, 6) is 0.932. The number of nitrogens with two attached hydrogens (primary N) is 1. The zero-order valence-electron chi connectivity index (χ0n) is 10.6. The van der Waals surface area contributed by atoms with Crippen molar-refractivity contribution in [3.05, 3.63) is 29.8 Å². The summed E-state index contributed by atoms with van der Waals surface area (Å²) in [6, 6.07) is 8.01. The molecule has 0 radical (unpaired) electrons. The SMILES string of the molecule is CCOc1ccccc1CCC(O)CCCN. The van der Waals surface area contributed by atoms with E-state index in [1.807, 2.05) is 25.1 Å². The van der Waals surface area contributed by atoms with Crippen molar-refractivity contribution < 1.29 is 9.84 Å². The van der Waals surface area contributed by atoms with Crippen molar-refractivity contribution in [2.45, 2.75) is 38.7 Å². The molecule has 1 atom stereocenters. The van der Waals surface area contributed by atoms with Crippen molar-refractivity contribution in [2.24, 2.45) is 5.73 Å². The topological polar surface area (TPSA) is 55.5 Å². The van der Waals surface area contributed by atoms with E-state index in [0.29, 0.717) is 13.2 Å². The lowest BCUT2D eigenvalue weighted by atomic mass is 10.0. The van der Waals surface area contributed by atoms with Gasteiger partial charge in [0.1, 0.15) is 5.75 Å². The predicted molar refractivity (Wildman–Crippen MR) is 70.2 cm³/mol. The lowest BCUT2D eigenvalue weighted by molar-refractivity contribution is 0.152. The van der Waals surface area contributed by atoms with Crippen molar-refractivity contribution in [1.82, 2.24) is 0 Å². The second kappa shape index (κ2) is 8.09. The molecule has 0 saturated carbocycles. The van der Waals surface area contributed by atoms with Crippen LogP contribution < -0.4 is 10.5 Å². The Balaban J connectivity index is 2.44. The highest BCUT2D eigenvalue weighted by atomic mass is 16.5. The molecule has 0 amide bonds. The average Bonchev–Trinajstić information content (AvgIpc) is 2.35. The van der Waals surface area contributed by atoms with Crippen molar-refractivity contribution in [1.29, 1.82) is 0 Å². The van der Waals surface area contributed by atoms with Crippen LogP contribution in [0.25, 0.3) is 0 Å². The van der Waals surface area contributed by atoms with E-state index in [1.54, 1.807) is 0 Å². The summed E-state index contributed by atoms with van der Waals surface area (Å²) in [4.78, 5) is 0. The molecule has 0 heterocycles. The molecule has 3 N–H and O–H groups in total. The minimum absolute atomic E-state index is 0.256. The number of aryl methyl sites for hydroxylation is 1. The van der Waals surface area contributed by atoms with Crippen molar-refractivity contribution >= 4 is 0 Å². The minimum atomic E-state index is -0.256. The van der Waals surface area contributed by atoms with Gasteiger partial charge in [-0.25, -0.2) is 0 Å². The molecule has 0 bridgehead atoms. The summed E-state index contributed by atoms with van der Waals surface area (Å²) in [5.41, 5.74) is 6.58. The standard InChI is InChI=1S/C14H23NO2/c1-2-17-14-8-4-3-6-12(14)9-10-13(16)7-5-11-15/h3-4,6,8,13,16H,2,5,7,9-11,15H2,1H3. The van der Waals surface area contributed by atoms with Crippen LogP contribution in [0.4, 0.5) is 0 Å². The summed E-state index contributed by atoms with van der Waals surface area (Å²) in [6.45, 7) is 3.30. The zero-order chi connectivity index (χ0) is 12.5. The largest absolute Gasteiger partial charge is 0.494 e. The van der Waals surface area contributed by atoms with Crippen LogP contribution in [0, 0.1) is 0 Å². The van der Waals surface area contributed by atoms with E-state index in [9.17, 15) is 5.11 Å². The Labute approximate surface area is 104 Å². The van der Waals surface area contributed by atoms with E-state index < -0.39 is 0 Å². The predicted octanol–water partition coefficient (Wildman–Crippen LogP) is 2.12. The summed E-state index contributed by atoms with van der Waals surface area (Å²) in [7, 11) is 0. The average molecular weight is 237 g/mol. The molecule has 1 aromatic rings. The van der Waals surface area contributed by atoms with E-state index in [0.717, 1.165) is 31.4 Å². The fourth-order valence-electron chi connectivity index (χ4n) is 1.83. The van der Waals surface area contributed by atoms with Crippen LogP contribution in [0.5, 0.6) is 5.75 Å². The Morgan fingerprint density at radius 1 is 1.29 bits per heavy atom. The molecule has 3 heteroatoms. The third-order valence-electron chi connectivity index (χ3n) is 2.76. The van der Waals surface area contributed by atoms with E-state index in [4.69, 9.17) is 10.5 Å². The lowest BCUT2D eigenvalue weighted by Gasteiger charge is -2.12. The Kier molecular flexibility index (Phi) is 6.67. The van der Waals surface area contributed by atoms with Gasteiger partial charge in [-0.15, -0.1) is 0 Å². The van der Waals surface area contributed by atoms with Gasteiger partial charge in [-0.05, 0) is 50.8 Å². The molecule has 17 heavy (non-hydrogen) atoms. The van der Waals surface area contributed by atoms with Crippen LogP contribution in [0.2, 0.25) is 0 Å². The highest BCUT2D eigenvalue weighted by Crippen LogP contribution is 2.20. The molecule has 96 valence electrons. The number of hydrogen-bond acceptors (Lipinski definition) is 3. The van der Waals surface area contributed by atoms with Crippen molar-refractivity contribution in [3.63, 3.8) is 0 Å². The Bertz CT molecular complexity index is 315. The zero-order valence-corrected chi connectivity index (χ0v) is 10.6. The maximum Gasteiger partial charge on any atom is 0.122 e. The quantitative estimate of drug-likeness (QED) is 0.728. The molecule has 0 aromatic heterocycles. The molecule has 0 saturated heterocycles. The van der Waals surface area contributed by atoms with Crippen LogP contribution in [0.15, 0.2) is 24.3 Å². The molecule has 0 aliphatic heterocycles.